The number of methoxy groups -OCH3 is 1. The predicted molar refractivity (Wildman–Crippen MR) is 93.0 cm³/mol. The lowest BCUT2D eigenvalue weighted by atomic mass is 10.2. The number of ether oxygens (including phenoxy) is 1. The normalized spacial score (nSPS) is 16.8. The molecule has 6 heteroatoms. The standard InChI is InChI=1S/C15H11NO2S3/c1-18-12-4-2-11(3-5-12)16-14(17)13(21-15(16)19)8-10-6-7-20-9-10/h2-9H,1H3. The van der Waals surface area contributed by atoms with E-state index in [2.05, 4.69) is 0 Å². The quantitative estimate of drug-likeness (QED) is 0.623. The summed E-state index contributed by atoms with van der Waals surface area (Å²) >= 11 is 8.26. The Bertz CT molecular complexity index is 705. The van der Waals surface area contributed by atoms with Crippen LogP contribution in [-0.2, 0) is 4.79 Å². The molecule has 0 unspecified atom stereocenters. The first-order chi connectivity index (χ1) is 10.2. The number of thiophene rings is 1. The highest BCUT2D eigenvalue weighted by Gasteiger charge is 2.33. The van der Waals surface area contributed by atoms with Crippen LogP contribution in [0.1, 0.15) is 5.56 Å². The second-order valence-electron chi connectivity index (χ2n) is 4.27. The molecule has 2 aromatic rings. The van der Waals surface area contributed by atoms with Gasteiger partial charge in [0.2, 0.25) is 0 Å². The zero-order valence-corrected chi connectivity index (χ0v) is 13.6. The molecule has 1 aromatic carbocycles. The van der Waals surface area contributed by atoms with E-state index in [-0.39, 0.29) is 5.91 Å². The third-order valence-corrected chi connectivity index (χ3v) is 4.97. The number of nitrogens with zero attached hydrogens (tertiary/aromatic N) is 1. The van der Waals surface area contributed by atoms with E-state index in [1.54, 1.807) is 23.3 Å². The molecule has 1 amide bonds. The SMILES string of the molecule is COc1ccc(N2C(=O)C(=Cc3ccsc3)SC2=S)cc1. The number of carbonyl (C=O) groups is 1. The summed E-state index contributed by atoms with van der Waals surface area (Å²) in [5.74, 6) is 0.666. The van der Waals surface area contributed by atoms with Crippen molar-refractivity contribution in [3.05, 3.63) is 51.6 Å². The van der Waals surface area contributed by atoms with Gasteiger partial charge in [0.05, 0.1) is 17.7 Å². The number of amides is 1. The van der Waals surface area contributed by atoms with Gasteiger partial charge in [-0.2, -0.15) is 11.3 Å². The van der Waals surface area contributed by atoms with Gasteiger partial charge >= 0.3 is 0 Å². The van der Waals surface area contributed by atoms with E-state index >= 15 is 0 Å². The van der Waals surface area contributed by atoms with E-state index in [4.69, 9.17) is 17.0 Å². The van der Waals surface area contributed by atoms with E-state index in [0.717, 1.165) is 17.0 Å². The molecule has 0 bridgehead atoms. The minimum atomic E-state index is -0.0821. The minimum absolute atomic E-state index is 0.0821. The Labute approximate surface area is 136 Å². The molecule has 0 radical (unpaired) electrons. The average molecular weight is 333 g/mol. The molecule has 0 saturated carbocycles. The van der Waals surface area contributed by atoms with Crippen LogP contribution in [0.15, 0.2) is 46.0 Å². The van der Waals surface area contributed by atoms with Gasteiger partial charge in [0, 0.05) is 0 Å². The van der Waals surface area contributed by atoms with E-state index in [9.17, 15) is 4.79 Å². The number of rotatable bonds is 3. The summed E-state index contributed by atoms with van der Waals surface area (Å²) in [5, 5.41) is 3.98. The summed E-state index contributed by atoms with van der Waals surface area (Å²) in [6.45, 7) is 0. The van der Waals surface area contributed by atoms with Crippen molar-refractivity contribution < 1.29 is 9.53 Å². The summed E-state index contributed by atoms with van der Waals surface area (Å²) in [6.07, 6.45) is 1.87. The molecule has 1 aromatic heterocycles. The number of carbonyl (C=O) groups excluding carboxylic acids is 1. The highest BCUT2D eigenvalue weighted by atomic mass is 32.2. The number of hydrogen-bond acceptors (Lipinski definition) is 5. The van der Waals surface area contributed by atoms with Crippen LogP contribution in [0.5, 0.6) is 5.75 Å². The molecular formula is C15H11NO2S3. The first kappa shape index (κ1) is 14.3. The Morgan fingerprint density at radius 3 is 2.62 bits per heavy atom. The van der Waals surface area contributed by atoms with Crippen molar-refractivity contribution in [2.75, 3.05) is 12.0 Å². The summed E-state index contributed by atoms with van der Waals surface area (Å²) in [6, 6.07) is 9.27. The number of anilines is 1. The number of hydrogen-bond donors (Lipinski definition) is 0. The molecule has 1 aliphatic heterocycles. The van der Waals surface area contributed by atoms with Gasteiger partial charge in [0.25, 0.3) is 5.91 Å². The molecule has 21 heavy (non-hydrogen) atoms. The Morgan fingerprint density at radius 1 is 1.24 bits per heavy atom. The molecule has 3 nitrogen and oxygen atoms in total. The van der Waals surface area contributed by atoms with Crippen molar-refractivity contribution in [2.24, 2.45) is 0 Å². The predicted octanol–water partition coefficient (Wildman–Crippen LogP) is 4.16. The molecule has 0 aliphatic carbocycles. The Hall–Kier alpha value is -1.63. The lowest BCUT2D eigenvalue weighted by molar-refractivity contribution is -0.113. The lowest BCUT2D eigenvalue weighted by Crippen LogP contribution is -2.27. The number of thiocarbonyl (C=S) groups is 1. The van der Waals surface area contributed by atoms with Crippen LogP contribution in [0.2, 0.25) is 0 Å². The average Bonchev–Trinajstić information content (AvgIpc) is 3.09. The molecule has 106 valence electrons. The van der Waals surface area contributed by atoms with Gasteiger partial charge in [-0.3, -0.25) is 9.69 Å². The van der Waals surface area contributed by atoms with Crippen molar-refractivity contribution in [3.63, 3.8) is 0 Å². The van der Waals surface area contributed by atoms with Gasteiger partial charge in [-0.05, 0) is 52.7 Å². The van der Waals surface area contributed by atoms with E-state index in [0.29, 0.717) is 9.23 Å². The maximum atomic E-state index is 12.5. The fourth-order valence-electron chi connectivity index (χ4n) is 1.93. The van der Waals surface area contributed by atoms with Crippen LogP contribution in [0, 0.1) is 0 Å². The van der Waals surface area contributed by atoms with Gasteiger partial charge in [-0.25, -0.2) is 0 Å². The maximum Gasteiger partial charge on any atom is 0.270 e. The summed E-state index contributed by atoms with van der Waals surface area (Å²) in [4.78, 5) is 14.7. The molecule has 0 atom stereocenters. The molecule has 1 aliphatic rings. The highest BCUT2D eigenvalue weighted by molar-refractivity contribution is 8.27. The third kappa shape index (κ3) is 2.88. The van der Waals surface area contributed by atoms with Crippen LogP contribution in [0.25, 0.3) is 6.08 Å². The van der Waals surface area contributed by atoms with Crippen molar-refractivity contribution in [1.82, 2.24) is 0 Å². The Balaban J connectivity index is 1.90. The van der Waals surface area contributed by atoms with Crippen molar-refractivity contribution in [2.45, 2.75) is 0 Å². The van der Waals surface area contributed by atoms with Crippen molar-refractivity contribution in [3.8, 4) is 5.75 Å². The third-order valence-electron chi connectivity index (χ3n) is 2.97. The van der Waals surface area contributed by atoms with Crippen LogP contribution < -0.4 is 9.64 Å². The maximum absolute atomic E-state index is 12.5. The van der Waals surface area contributed by atoms with Crippen LogP contribution in [-0.4, -0.2) is 17.3 Å². The lowest BCUT2D eigenvalue weighted by Gasteiger charge is -2.14. The van der Waals surface area contributed by atoms with E-state index < -0.39 is 0 Å². The first-order valence-electron chi connectivity index (χ1n) is 6.13. The molecule has 1 fully saturated rings. The number of thioether (sulfide) groups is 1. The van der Waals surface area contributed by atoms with Crippen molar-refractivity contribution in [1.29, 1.82) is 0 Å². The van der Waals surface area contributed by atoms with Gasteiger partial charge in [0.15, 0.2) is 4.32 Å². The molecule has 0 N–H and O–H groups in total. The Morgan fingerprint density at radius 2 is 2.00 bits per heavy atom. The first-order valence-corrected chi connectivity index (χ1v) is 8.30. The zero-order valence-electron chi connectivity index (χ0n) is 11.1. The molecule has 3 rings (SSSR count). The highest BCUT2D eigenvalue weighted by Crippen LogP contribution is 2.36. The summed E-state index contributed by atoms with van der Waals surface area (Å²) in [7, 11) is 1.61. The van der Waals surface area contributed by atoms with Crippen LogP contribution in [0.3, 0.4) is 0 Å². The zero-order chi connectivity index (χ0) is 14.8. The largest absolute Gasteiger partial charge is 0.497 e. The van der Waals surface area contributed by atoms with E-state index in [1.807, 2.05) is 47.2 Å². The Kier molecular flexibility index (Phi) is 4.10. The van der Waals surface area contributed by atoms with Crippen molar-refractivity contribution >= 4 is 57.3 Å². The molecule has 2 heterocycles. The fourth-order valence-corrected chi connectivity index (χ4v) is 3.85. The summed E-state index contributed by atoms with van der Waals surface area (Å²) < 4.78 is 5.67. The fraction of sp³-hybridized carbons (Fsp3) is 0.0667. The second-order valence-corrected chi connectivity index (χ2v) is 6.73. The smallest absolute Gasteiger partial charge is 0.270 e. The molecule has 0 spiro atoms. The molecular weight excluding hydrogens is 322 g/mol. The minimum Gasteiger partial charge on any atom is -0.497 e. The van der Waals surface area contributed by atoms with E-state index in [1.165, 1.54) is 11.8 Å². The monoisotopic (exact) mass is 333 g/mol. The van der Waals surface area contributed by atoms with Gasteiger partial charge in [0.1, 0.15) is 5.75 Å². The topological polar surface area (TPSA) is 29.5 Å². The van der Waals surface area contributed by atoms with Crippen LogP contribution in [0.4, 0.5) is 5.69 Å². The van der Waals surface area contributed by atoms with Gasteiger partial charge in [-0.1, -0.05) is 24.0 Å². The van der Waals surface area contributed by atoms with Gasteiger partial charge < -0.3 is 4.74 Å². The second kappa shape index (κ2) is 6.01. The summed E-state index contributed by atoms with van der Waals surface area (Å²) in [5.41, 5.74) is 1.78. The molecule has 1 saturated heterocycles. The number of benzene rings is 1. The van der Waals surface area contributed by atoms with Crippen LogP contribution >= 0.6 is 35.3 Å². The van der Waals surface area contributed by atoms with Gasteiger partial charge in [-0.15, -0.1) is 0 Å².